The average Bonchev–Trinajstić information content (AvgIpc) is 3.27. The van der Waals surface area contributed by atoms with Gasteiger partial charge in [0.05, 0.1) is 6.54 Å². The molecule has 0 saturated heterocycles. The molecule has 3 rings (SSSR count). The Kier molecular flexibility index (Phi) is 7.11. The third kappa shape index (κ3) is 5.32. The number of nitrogen functional groups attached to an aromatic ring is 1. The van der Waals surface area contributed by atoms with Crippen molar-refractivity contribution in [1.82, 2.24) is 9.97 Å². The number of hydrogen-bond donors (Lipinski definition) is 4. The van der Waals surface area contributed by atoms with E-state index < -0.39 is 12.0 Å². The van der Waals surface area contributed by atoms with E-state index in [1.807, 2.05) is 11.9 Å². The maximum absolute atomic E-state index is 13.6. The molecule has 1 heterocycles. The molecule has 9 nitrogen and oxygen atoms in total. The normalized spacial score (nSPS) is 15.0. The fourth-order valence-electron chi connectivity index (χ4n) is 3.86. The Bertz CT molecular complexity index is 921. The van der Waals surface area contributed by atoms with E-state index in [1.54, 1.807) is 19.1 Å². The predicted octanol–water partition coefficient (Wildman–Crippen LogP) is 2.73. The lowest BCUT2D eigenvalue weighted by molar-refractivity contribution is -0.138. The number of carbonyl (C=O) groups is 1. The van der Waals surface area contributed by atoms with Crippen molar-refractivity contribution < 1.29 is 14.3 Å². The molecular weight excluding hydrogens is 401 g/mol. The number of aromatic nitrogens is 2. The first-order chi connectivity index (χ1) is 14.8. The molecule has 10 heteroatoms. The fourth-order valence-corrected chi connectivity index (χ4v) is 3.86. The molecule has 1 saturated carbocycles. The summed E-state index contributed by atoms with van der Waals surface area (Å²) < 4.78 is 13.6. The number of rotatable bonds is 9. The largest absolute Gasteiger partial charge is 0.480 e. The zero-order chi connectivity index (χ0) is 22.5. The minimum atomic E-state index is -1.00. The van der Waals surface area contributed by atoms with Gasteiger partial charge in [-0.1, -0.05) is 31.9 Å². The fraction of sp³-hybridized carbons (Fsp3) is 0.476. The smallest absolute Gasteiger partial charge is 0.326 e. The highest BCUT2D eigenvalue weighted by Gasteiger charge is 2.26. The number of nitrogens with two attached hydrogens (primary N) is 2. The zero-order valence-corrected chi connectivity index (χ0v) is 17.9. The van der Waals surface area contributed by atoms with Crippen molar-refractivity contribution in [2.75, 3.05) is 28.0 Å². The quantitative estimate of drug-likeness (QED) is 0.349. The summed E-state index contributed by atoms with van der Waals surface area (Å²) >= 11 is 0. The van der Waals surface area contributed by atoms with E-state index in [9.17, 15) is 14.3 Å². The van der Waals surface area contributed by atoms with Crippen LogP contribution in [0.3, 0.4) is 0 Å². The number of carboxylic acid groups (broad SMARTS) is 1. The molecule has 2 aromatic rings. The lowest BCUT2D eigenvalue weighted by Crippen LogP contribution is -2.36. The van der Waals surface area contributed by atoms with Crippen LogP contribution in [0.25, 0.3) is 0 Å². The molecular formula is C21H30FN7O2. The van der Waals surface area contributed by atoms with E-state index in [-0.39, 0.29) is 30.2 Å². The van der Waals surface area contributed by atoms with Crippen LogP contribution < -0.4 is 26.8 Å². The van der Waals surface area contributed by atoms with Gasteiger partial charge in [0.25, 0.3) is 0 Å². The van der Waals surface area contributed by atoms with Gasteiger partial charge in [-0.15, -0.1) is 0 Å². The van der Waals surface area contributed by atoms with Crippen LogP contribution >= 0.6 is 0 Å². The summed E-state index contributed by atoms with van der Waals surface area (Å²) in [4.78, 5) is 22.4. The Morgan fingerprint density at radius 3 is 2.61 bits per heavy atom. The van der Waals surface area contributed by atoms with Crippen molar-refractivity contribution in [3.05, 3.63) is 35.6 Å². The van der Waals surface area contributed by atoms with E-state index in [2.05, 4.69) is 15.3 Å². The standard InChI is InChI=1S/C21H30FN7O2/c1-3-16(20(30)31)25-21-26-18(28(2)15-9-4-5-10-15)17(23)19(27-21)29(24)12-13-7-6-8-14(22)11-13/h6-8,11,15-16H,3-5,9-10,12,23-24H2,1-2H3,(H,30,31)(H,25,26,27)/t16-/m1/s1. The Hall–Kier alpha value is -3.14. The molecule has 0 radical (unpaired) electrons. The van der Waals surface area contributed by atoms with Gasteiger partial charge in [0.1, 0.15) is 17.5 Å². The number of hydrogen-bond acceptors (Lipinski definition) is 8. The number of halogens is 1. The molecule has 1 aromatic carbocycles. The molecule has 0 aliphatic heterocycles. The van der Waals surface area contributed by atoms with Crippen LogP contribution in [0.1, 0.15) is 44.6 Å². The van der Waals surface area contributed by atoms with Crippen LogP contribution in [0.4, 0.5) is 27.7 Å². The molecule has 1 aromatic heterocycles. The molecule has 1 aliphatic carbocycles. The third-order valence-corrected chi connectivity index (χ3v) is 5.64. The van der Waals surface area contributed by atoms with Crippen LogP contribution in [-0.4, -0.2) is 40.2 Å². The van der Waals surface area contributed by atoms with Gasteiger partial charge in [0.15, 0.2) is 11.6 Å². The van der Waals surface area contributed by atoms with Crippen molar-refractivity contribution >= 4 is 29.2 Å². The molecule has 0 spiro atoms. The monoisotopic (exact) mass is 431 g/mol. The first kappa shape index (κ1) is 22.5. The summed E-state index contributed by atoms with van der Waals surface area (Å²) in [6.07, 6.45) is 4.68. The highest BCUT2D eigenvalue weighted by atomic mass is 19.1. The third-order valence-electron chi connectivity index (χ3n) is 5.64. The molecule has 31 heavy (non-hydrogen) atoms. The van der Waals surface area contributed by atoms with Crippen LogP contribution in [0, 0.1) is 5.82 Å². The topological polar surface area (TPSA) is 134 Å². The van der Waals surface area contributed by atoms with E-state index in [1.165, 1.54) is 17.1 Å². The molecule has 6 N–H and O–H groups in total. The summed E-state index contributed by atoms with van der Waals surface area (Å²) in [5, 5.41) is 13.6. The Labute approximate surface area is 181 Å². The number of nitrogens with one attached hydrogen (secondary N) is 1. The van der Waals surface area contributed by atoms with Gasteiger partial charge < -0.3 is 21.1 Å². The summed E-state index contributed by atoms with van der Waals surface area (Å²) in [6, 6.07) is 5.54. The SMILES string of the molecule is CC[C@@H](Nc1nc(N(N)Cc2cccc(F)c2)c(N)c(N(C)C2CCCC2)n1)C(=O)O. The van der Waals surface area contributed by atoms with Gasteiger partial charge in [-0.25, -0.2) is 15.0 Å². The number of hydrazine groups is 1. The van der Waals surface area contributed by atoms with Crippen molar-refractivity contribution in [3.8, 4) is 0 Å². The van der Waals surface area contributed by atoms with Crippen molar-refractivity contribution in [1.29, 1.82) is 0 Å². The van der Waals surface area contributed by atoms with Gasteiger partial charge in [0.2, 0.25) is 5.95 Å². The molecule has 1 aliphatic rings. The number of carboxylic acids is 1. The summed E-state index contributed by atoms with van der Waals surface area (Å²) in [5.41, 5.74) is 7.37. The second-order valence-corrected chi connectivity index (χ2v) is 7.86. The molecule has 1 atom stereocenters. The summed E-state index contributed by atoms with van der Waals surface area (Å²) in [7, 11) is 1.92. The predicted molar refractivity (Wildman–Crippen MR) is 119 cm³/mol. The van der Waals surface area contributed by atoms with E-state index >= 15 is 0 Å². The number of benzene rings is 1. The minimum Gasteiger partial charge on any atom is -0.480 e. The molecule has 0 unspecified atom stereocenters. The zero-order valence-electron chi connectivity index (χ0n) is 17.9. The highest BCUT2D eigenvalue weighted by molar-refractivity contribution is 5.79. The summed E-state index contributed by atoms with van der Waals surface area (Å²) in [6.45, 7) is 1.93. The van der Waals surface area contributed by atoms with Crippen LogP contribution in [0.15, 0.2) is 24.3 Å². The van der Waals surface area contributed by atoms with Crippen molar-refractivity contribution in [3.63, 3.8) is 0 Å². The minimum absolute atomic E-state index is 0.132. The van der Waals surface area contributed by atoms with Gasteiger partial charge in [-0.2, -0.15) is 9.97 Å². The number of anilines is 4. The van der Waals surface area contributed by atoms with Gasteiger partial charge >= 0.3 is 5.97 Å². The van der Waals surface area contributed by atoms with Gasteiger partial charge in [-0.3, -0.25) is 5.01 Å². The van der Waals surface area contributed by atoms with Gasteiger partial charge in [0, 0.05) is 13.1 Å². The maximum Gasteiger partial charge on any atom is 0.326 e. The van der Waals surface area contributed by atoms with Crippen molar-refractivity contribution in [2.45, 2.75) is 57.7 Å². The van der Waals surface area contributed by atoms with Crippen LogP contribution in [0.5, 0.6) is 0 Å². The Morgan fingerprint density at radius 1 is 1.32 bits per heavy atom. The summed E-state index contributed by atoms with van der Waals surface area (Å²) in [5.74, 6) is 5.79. The maximum atomic E-state index is 13.6. The Balaban J connectivity index is 1.97. The molecule has 0 bridgehead atoms. The first-order valence-electron chi connectivity index (χ1n) is 10.5. The van der Waals surface area contributed by atoms with Crippen LogP contribution in [-0.2, 0) is 11.3 Å². The van der Waals surface area contributed by atoms with Crippen LogP contribution in [0.2, 0.25) is 0 Å². The van der Waals surface area contributed by atoms with E-state index in [0.29, 0.717) is 23.5 Å². The van der Waals surface area contributed by atoms with E-state index in [0.717, 1.165) is 25.7 Å². The lowest BCUT2D eigenvalue weighted by atomic mass is 10.2. The van der Waals surface area contributed by atoms with Crippen molar-refractivity contribution in [2.24, 2.45) is 5.84 Å². The second kappa shape index (κ2) is 9.78. The molecule has 1 fully saturated rings. The first-order valence-corrected chi connectivity index (χ1v) is 10.5. The lowest BCUT2D eigenvalue weighted by Gasteiger charge is -2.29. The number of aliphatic carboxylic acids is 1. The average molecular weight is 432 g/mol. The van der Waals surface area contributed by atoms with E-state index in [4.69, 9.17) is 11.6 Å². The Morgan fingerprint density at radius 2 is 2.00 bits per heavy atom. The molecule has 0 amide bonds. The molecule has 168 valence electrons. The second-order valence-electron chi connectivity index (χ2n) is 7.86. The highest BCUT2D eigenvalue weighted by Crippen LogP contribution is 2.34. The van der Waals surface area contributed by atoms with Gasteiger partial charge in [-0.05, 0) is 37.0 Å². The number of nitrogens with zero attached hydrogens (tertiary/aromatic N) is 4.